The van der Waals surface area contributed by atoms with Crippen LogP contribution in [0.5, 0.6) is 0 Å². The van der Waals surface area contributed by atoms with Crippen LogP contribution in [0.3, 0.4) is 0 Å². The van der Waals surface area contributed by atoms with Crippen molar-refractivity contribution < 1.29 is 113 Å². The van der Waals surface area contributed by atoms with E-state index in [2.05, 4.69) is 6.58 Å². The van der Waals surface area contributed by atoms with Crippen LogP contribution in [0, 0.1) is 0 Å². The van der Waals surface area contributed by atoms with E-state index in [1.807, 2.05) is 0 Å². The van der Waals surface area contributed by atoms with Crippen LogP contribution in [-0.4, -0.2) is 236 Å². The monoisotopic (exact) mass is 775 g/mol. The van der Waals surface area contributed by atoms with E-state index in [9.17, 15) is 61.3 Å². The molecule has 4 bridgehead atoms. The summed E-state index contributed by atoms with van der Waals surface area (Å²) < 4.78 is 56.1. The summed E-state index contributed by atoms with van der Waals surface area (Å²) in [6.45, 7) is 0.0727. The molecule has 0 aromatic heterocycles. The molecule has 0 aromatic rings. The number of aliphatic hydroxyl groups is 11. The molecule has 0 spiro atoms. The molecule has 306 valence electrons. The zero-order valence-electron chi connectivity index (χ0n) is 28.7. The summed E-state index contributed by atoms with van der Waals surface area (Å²) >= 11 is 0. The number of fused-ring (bicyclic) bond motifs is 4. The summed E-state index contributed by atoms with van der Waals surface area (Å²) in [5, 5.41) is 130. The summed E-state index contributed by atoms with van der Waals surface area (Å²) in [5.41, 5.74) is -2.96. The van der Waals surface area contributed by atoms with Crippen molar-refractivity contribution in [2.45, 2.75) is 122 Å². The highest BCUT2D eigenvalue weighted by molar-refractivity contribution is 5.05. The Balaban J connectivity index is 1.23. The summed E-state index contributed by atoms with van der Waals surface area (Å²) in [5.74, 6) is -4.47. The first kappa shape index (κ1) is 41.1. The first-order valence-electron chi connectivity index (χ1n) is 17.0. The third-order valence-electron chi connectivity index (χ3n) is 10.7. The van der Waals surface area contributed by atoms with Crippen LogP contribution < -0.4 is 5.11 Å². The van der Waals surface area contributed by atoms with Gasteiger partial charge in [-0.3, -0.25) is 4.48 Å². The molecule has 23 heteroatoms. The molecule has 6 saturated heterocycles. The maximum Gasteiger partial charge on any atom is 0.323 e. The van der Waals surface area contributed by atoms with E-state index in [0.717, 1.165) is 0 Å². The topological polar surface area (TPSA) is 338 Å². The molecular formula is C30H49NO22. The van der Waals surface area contributed by atoms with Crippen molar-refractivity contribution in [1.82, 2.24) is 0 Å². The molecule has 6 rings (SSSR count). The third kappa shape index (κ3) is 6.87. The van der Waals surface area contributed by atoms with Crippen molar-refractivity contribution >= 4 is 0 Å². The average molecular weight is 776 g/mol. The molecule has 6 fully saturated rings. The Bertz CT molecular complexity index is 1280. The van der Waals surface area contributed by atoms with Gasteiger partial charge in [-0.2, -0.15) is 0 Å². The molecule has 0 aliphatic carbocycles. The van der Waals surface area contributed by atoms with Crippen LogP contribution in [0.25, 0.3) is 0 Å². The Kier molecular flexibility index (Phi) is 12.0. The molecule has 20 atom stereocenters. The molecule has 6 aliphatic heterocycles. The van der Waals surface area contributed by atoms with Crippen LogP contribution in [-0.2, 0) is 47.4 Å². The fraction of sp³-hybridized carbons (Fsp3) is 0.933. The van der Waals surface area contributed by atoms with Gasteiger partial charge in [0.2, 0.25) is 0 Å². The van der Waals surface area contributed by atoms with Crippen molar-refractivity contribution in [3.05, 3.63) is 12.5 Å². The van der Waals surface area contributed by atoms with E-state index < -0.39 is 152 Å². The first-order chi connectivity index (χ1) is 24.9. The van der Waals surface area contributed by atoms with E-state index >= 15 is 0 Å². The third-order valence-corrected chi connectivity index (χ3v) is 10.7. The van der Waals surface area contributed by atoms with Gasteiger partial charge in [0.05, 0.1) is 47.1 Å². The fourth-order valence-corrected chi connectivity index (χ4v) is 7.76. The van der Waals surface area contributed by atoms with Crippen LogP contribution in [0.2, 0.25) is 0 Å². The zero-order chi connectivity index (χ0) is 38.8. The van der Waals surface area contributed by atoms with E-state index in [4.69, 9.17) is 47.4 Å². The lowest BCUT2D eigenvalue weighted by atomic mass is 9.88. The van der Waals surface area contributed by atoms with Gasteiger partial charge in [0.15, 0.2) is 25.0 Å². The molecule has 0 radical (unpaired) electrons. The number of rotatable bonds is 13. The molecule has 53 heavy (non-hydrogen) atoms. The van der Waals surface area contributed by atoms with Crippen LogP contribution in [0.15, 0.2) is 12.5 Å². The van der Waals surface area contributed by atoms with Crippen molar-refractivity contribution in [2.24, 2.45) is 0 Å². The molecule has 11 N–H and O–H groups in total. The lowest BCUT2D eigenvalue weighted by Gasteiger charge is -2.62. The van der Waals surface area contributed by atoms with E-state index in [-0.39, 0.29) is 19.8 Å². The number of hydrogen-bond donors (Lipinski definition) is 11. The first-order valence-corrected chi connectivity index (χ1v) is 17.0. The normalized spacial score (nSPS) is 51.3. The highest BCUT2D eigenvalue weighted by Gasteiger charge is 2.74. The summed E-state index contributed by atoms with van der Waals surface area (Å²) in [6.07, 6.45) is -28.1. The van der Waals surface area contributed by atoms with Crippen molar-refractivity contribution in [3.63, 3.8) is 0 Å². The van der Waals surface area contributed by atoms with Crippen LogP contribution in [0.4, 0.5) is 0 Å². The molecule has 0 unspecified atom stereocenters. The predicted molar refractivity (Wildman–Crippen MR) is 159 cm³/mol. The van der Waals surface area contributed by atoms with Crippen molar-refractivity contribution in [2.75, 3.05) is 53.7 Å². The molecule has 0 amide bonds. The molecule has 23 nitrogen and oxygen atoms in total. The minimum Gasteiger partial charge on any atom is -0.558 e. The van der Waals surface area contributed by atoms with E-state index in [1.54, 1.807) is 0 Å². The minimum atomic E-state index is -3.11. The molecule has 6 heterocycles. The Labute approximate surface area is 301 Å². The largest absolute Gasteiger partial charge is 0.558 e. The highest BCUT2D eigenvalue weighted by Crippen LogP contribution is 2.48. The molecule has 6 aliphatic rings. The average Bonchev–Trinajstić information content (AvgIpc) is 3.59. The van der Waals surface area contributed by atoms with Gasteiger partial charge in [0.25, 0.3) is 5.72 Å². The number of hydrogen-bond acceptors (Lipinski definition) is 22. The Morgan fingerprint density at radius 1 is 0.755 bits per heavy atom. The lowest BCUT2D eigenvalue weighted by Crippen LogP contribution is -2.85. The van der Waals surface area contributed by atoms with E-state index in [1.165, 1.54) is 14.1 Å². The van der Waals surface area contributed by atoms with Gasteiger partial charge in [0, 0.05) is 5.95 Å². The fourth-order valence-electron chi connectivity index (χ4n) is 7.76. The number of aliphatic hydroxyl groups excluding tert-OH is 10. The van der Waals surface area contributed by atoms with Crippen LogP contribution in [0.1, 0.15) is 0 Å². The zero-order valence-corrected chi connectivity index (χ0v) is 28.7. The van der Waals surface area contributed by atoms with Gasteiger partial charge >= 0.3 is 5.97 Å². The van der Waals surface area contributed by atoms with Crippen molar-refractivity contribution in [3.8, 4) is 0 Å². The number of quaternary nitrogens is 1. The smallest absolute Gasteiger partial charge is 0.323 e. The SMILES string of the molecule is C=C([O-])O[C@]1(O[C@@H]2[C@H]3OC[C@@H]2O[C@@H](O[C@@H]2[C@@H](O)[C@H](O[C@@H]4[C@H]5OC[C@@H]4O[C@@H](O)[C@H]5O)O[C@H](CO)[C@H]2O)[C@H]3O)O[C@H](CO)[C@H](O)[C@H](O)[C@]1(O)[N+](C)(C)CCO. The Hall–Kier alpha value is -1.50. The highest BCUT2D eigenvalue weighted by atomic mass is 16.9. The van der Waals surface area contributed by atoms with Gasteiger partial charge in [-0.1, -0.05) is 6.58 Å². The second kappa shape index (κ2) is 15.4. The maximum atomic E-state index is 12.4. The molecule has 0 aromatic carbocycles. The summed E-state index contributed by atoms with van der Waals surface area (Å²) in [6, 6.07) is 0. The second-order valence-corrected chi connectivity index (χ2v) is 14.3. The Morgan fingerprint density at radius 2 is 1.34 bits per heavy atom. The molecule has 0 saturated carbocycles. The lowest BCUT2D eigenvalue weighted by molar-refractivity contribution is -0.996. The molecular weight excluding hydrogens is 726 g/mol. The van der Waals surface area contributed by atoms with Crippen molar-refractivity contribution in [1.29, 1.82) is 0 Å². The van der Waals surface area contributed by atoms with E-state index in [0.29, 0.717) is 0 Å². The quantitative estimate of drug-likeness (QED) is 0.0470. The predicted octanol–water partition coefficient (Wildman–Crippen LogP) is -9.09. The minimum absolute atomic E-state index is 0.0672. The van der Waals surface area contributed by atoms with Gasteiger partial charge < -0.3 is 109 Å². The van der Waals surface area contributed by atoms with Gasteiger partial charge in [-0.25, -0.2) is 0 Å². The number of nitrogens with zero attached hydrogens (tertiary/aromatic N) is 1. The van der Waals surface area contributed by atoms with Gasteiger partial charge in [-0.15, -0.1) is 0 Å². The standard InChI is InChI=1S/C30H49NO22/c1-10(35)51-30(29(43,31(2,3)4-5-32)25(41)16(37)12(7-34)52-30)53-21-14-9-45-24(21)19(40)28(48-14)50-22-15(36)11(6-33)47-27(18(22)39)49-20-13-8-44-23(20)17(38)26(42)46-13/h11-28,32-34,36-43H,1,4-9H2,2-3H3/t11-,12-,13+,14+,15-,16+,17+,18-,19+,20+,21+,22+,23+,24+,25+,26-,27+,28+,29-,30+/m1/s1. The second-order valence-electron chi connectivity index (χ2n) is 14.3. The van der Waals surface area contributed by atoms with Gasteiger partial charge in [0.1, 0.15) is 92.0 Å². The van der Waals surface area contributed by atoms with Crippen LogP contribution >= 0.6 is 0 Å². The summed E-state index contributed by atoms with van der Waals surface area (Å²) in [4.78, 5) is 0. The summed E-state index contributed by atoms with van der Waals surface area (Å²) in [7, 11) is 2.58. The number of ether oxygens (including phenoxy) is 10. The van der Waals surface area contributed by atoms with Gasteiger partial charge in [-0.05, 0) is 0 Å². The maximum absolute atomic E-state index is 12.4. The Morgan fingerprint density at radius 3 is 1.94 bits per heavy atom. The number of likely N-dealkylation sites (N-methyl/N-ethyl adjacent to an activating group) is 1.